The Morgan fingerprint density at radius 2 is 1.74 bits per heavy atom. The second kappa shape index (κ2) is 7.48. The molecule has 0 spiro atoms. The van der Waals surface area contributed by atoms with Crippen LogP contribution in [0.2, 0.25) is 0 Å². The molecule has 0 aliphatic heterocycles. The summed E-state index contributed by atoms with van der Waals surface area (Å²) in [6.07, 6.45) is -0.473. The molecule has 9 N–H and O–H groups in total. The Hall–Kier alpha value is -1.55. The van der Waals surface area contributed by atoms with Crippen molar-refractivity contribution in [2.45, 2.75) is 37.3 Å². The molecule has 2 aliphatic carbocycles. The predicted octanol–water partition coefficient (Wildman–Crippen LogP) is -0.0175. The minimum absolute atomic E-state index is 0.0538. The number of fused-ring (bicyclic) bond motifs is 2. The molecule has 190 valence electrons. The molecule has 21 heteroatoms. The molecule has 3 unspecified atom stereocenters. The van der Waals surface area contributed by atoms with Crippen LogP contribution < -0.4 is 11.5 Å². The molecule has 34 heavy (non-hydrogen) atoms. The molecule has 2 aromatic heterocycles. The van der Waals surface area contributed by atoms with Crippen molar-refractivity contribution in [2.24, 2.45) is 11.8 Å². The molecule has 4 rings (SSSR count). The lowest BCUT2D eigenvalue weighted by Crippen LogP contribution is -2.45. The summed E-state index contributed by atoms with van der Waals surface area (Å²) in [5, 5.41) is 11.0. The van der Waals surface area contributed by atoms with E-state index in [1.807, 2.05) is 0 Å². The largest absolute Gasteiger partial charge is 0.490 e. The summed E-state index contributed by atoms with van der Waals surface area (Å²) in [5.41, 5.74) is 6.68. The summed E-state index contributed by atoms with van der Waals surface area (Å²) >= 11 is 0. The molecular formula is C13H20FN6O11P3. The third-order valence-corrected chi connectivity index (χ3v) is 9.81. The van der Waals surface area contributed by atoms with Crippen LogP contribution in [0.25, 0.3) is 11.2 Å². The molecule has 0 bridgehead atoms. The number of nitrogens with zero attached hydrogens (tertiary/aromatic N) is 4. The molecule has 2 fully saturated rings. The Balaban J connectivity index is 1.60. The Morgan fingerprint density at radius 1 is 1.12 bits per heavy atom. The number of aliphatic hydroxyl groups is 1. The lowest BCUT2D eigenvalue weighted by Gasteiger charge is -2.34. The number of aromatic nitrogens is 4. The van der Waals surface area contributed by atoms with Crippen molar-refractivity contribution in [3.63, 3.8) is 0 Å². The van der Waals surface area contributed by atoms with Gasteiger partial charge in [-0.15, -0.1) is 0 Å². The van der Waals surface area contributed by atoms with Crippen LogP contribution >= 0.6 is 23.5 Å². The van der Waals surface area contributed by atoms with Gasteiger partial charge in [-0.05, 0) is 12.8 Å². The van der Waals surface area contributed by atoms with Crippen molar-refractivity contribution >= 4 is 46.4 Å². The lowest BCUT2D eigenvalue weighted by atomic mass is 9.89. The summed E-state index contributed by atoms with van der Waals surface area (Å²) in [4.78, 5) is 48.1. The maximum absolute atomic E-state index is 16.1. The van der Waals surface area contributed by atoms with Gasteiger partial charge in [0.05, 0.1) is 12.4 Å². The first-order chi connectivity index (χ1) is 15.3. The standard InChI is InChI=1S/C13H20FN6O11P3/c1-4-5-8(29-33(25,26)31-34(27,28)30-32(22,23)24)13(5,21)12(2,14)7(4)20-3-17-6-9(15)18-11(16)19-10(6)20/h3-5,7-8,21H,1-2H3,(H,25,26)(H,27,28)(H2,22,23,24)(H4,15,16,18,19)/t4-,5+,7+,8?,12-,13-/m0/s1. The summed E-state index contributed by atoms with van der Waals surface area (Å²) in [5.74, 6) is -2.17. The van der Waals surface area contributed by atoms with E-state index < -0.39 is 58.7 Å². The highest BCUT2D eigenvalue weighted by Gasteiger charge is 2.85. The molecule has 0 aromatic carbocycles. The Bertz CT molecular complexity index is 1320. The molecule has 0 radical (unpaired) electrons. The number of nitrogens with two attached hydrogens (primary N) is 2. The summed E-state index contributed by atoms with van der Waals surface area (Å²) in [6.45, 7) is 2.51. The lowest BCUT2D eigenvalue weighted by molar-refractivity contribution is -0.0615. The van der Waals surface area contributed by atoms with E-state index >= 15 is 4.39 Å². The van der Waals surface area contributed by atoms with E-state index in [1.165, 1.54) is 17.8 Å². The first kappa shape index (κ1) is 25.5. The SMILES string of the molecule is C[C@@H]1[C@@H](n2cnc3c(N)nc(N)nc32)[C@](C)(F)[C@@]2(O)C(OP(=O)(O)OP(=O)(O)OP(=O)(O)O)[C@@H]12. The average Bonchev–Trinajstić information content (AvgIpc) is 2.91. The first-order valence-electron chi connectivity index (χ1n) is 9.30. The fraction of sp³-hybridized carbons (Fsp3) is 0.615. The van der Waals surface area contributed by atoms with Gasteiger partial charge in [0.1, 0.15) is 17.2 Å². The van der Waals surface area contributed by atoms with E-state index in [4.69, 9.17) is 25.8 Å². The number of imidazole rings is 1. The van der Waals surface area contributed by atoms with Crippen molar-refractivity contribution in [2.75, 3.05) is 11.5 Å². The van der Waals surface area contributed by atoms with Crippen LogP contribution in [-0.2, 0) is 26.8 Å². The van der Waals surface area contributed by atoms with Crippen LogP contribution in [0.3, 0.4) is 0 Å². The van der Waals surface area contributed by atoms with Crippen LogP contribution in [0.5, 0.6) is 0 Å². The van der Waals surface area contributed by atoms with E-state index in [2.05, 4.69) is 23.6 Å². The molecule has 2 aromatic rings. The van der Waals surface area contributed by atoms with Crippen molar-refractivity contribution in [1.29, 1.82) is 0 Å². The van der Waals surface area contributed by atoms with Crippen LogP contribution in [-0.4, -0.2) is 61.6 Å². The number of phosphoric acid groups is 3. The van der Waals surface area contributed by atoms with E-state index in [0.717, 1.165) is 6.92 Å². The van der Waals surface area contributed by atoms with Crippen molar-refractivity contribution in [1.82, 2.24) is 19.5 Å². The molecule has 0 amide bonds. The second-order valence-electron chi connectivity index (χ2n) is 8.14. The number of hydrogen-bond donors (Lipinski definition) is 7. The summed E-state index contributed by atoms with van der Waals surface area (Å²) in [7, 11) is -17.0. The number of rotatable bonds is 7. The van der Waals surface area contributed by atoms with Gasteiger partial charge in [0.15, 0.2) is 17.1 Å². The van der Waals surface area contributed by atoms with Gasteiger partial charge in [0.2, 0.25) is 5.95 Å². The second-order valence-corrected chi connectivity index (χ2v) is 12.5. The minimum atomic E-state index is -5.78. The number of alkyl halides is 1. The average molecular weight is 548 g/mol. The third-order valence-electron chi connectivity index (χ3n) is 5.99. The highest BCUT2D eigenvalue weighted by atomic mass is 31.3. The topological polar surface area (TPSA) is 276 Å². The molecule has 2 aliphatic rings. The Kier molecular flexibility index (Phi) is 5.62. The van der Waals surface area contributed by atoms with E-state index in [9.17, 15) is 28.6 Å². The smallest absolute Gasteiger partial charge is 0.383 e. The van der Waals surface area contributed by atoms with Crippen LogP contribution in [0.4, 0.5) is 16.2 Å². The predicted molar refractivity (Wildman–Crippen MR) is 109 cm³/mol. The molecular weight excluding hydrogens is 528 g/mol. The monoisotopic (exact) mass is 548 g/mol. The van der Waals surface area contributed by atoms with Crippen LogP contribution in [0.1, 0.15) is 19.9 Å². The molecule has 2 heterocycles. The highest BCUT2D eigenvalue weighted by molar-refractivity contribution is 7.66. The zero-order valence-electron chi connectivity index (χ0n) is 17.2. The van der Waals surface area contributed by atoms with Crippen molar-refractivity contribution < 1.29 is 55.9 Å². The van der Waals surface area contributed by atoms with Gasteiger partial charge in [-0.25, -0.2) is 23.1 Å². The Morgan fingerprint density at radius 3 is 2.26 bits per heavy atom. The number of phosphoric ester groups is 1. The van der Waals surface area contributed by atoms with Crippen LogP contribution in [0.15, 0.2) is 6.33 Å². The van der Waals surface area contributed by atoms with Gasteiger partial charge >= 0.3 is 23.5 Å². The number of halogens is 1. The summed E-state index contributed by atoms with van der Waals surface area (Å²) < 4.78 is 63.8. The maximum atomic E-state index is 16.1. The van der Waals surface area contributed by atoms with Crippen molar-refractivity contribution in [3.05, 3.63) is 6.33 Å². The van der Waals surface area contributed by atoms with Crippen molar-refractivity contribution in [3.8, 4) is 0 Å². The van der Waals surface area contributed by atoms with E-state index in [1.54, 1.807) is 0 Å². The fourth-order valence-corrected chi connectivity index (χ4v) is 8.08. The number of nitrogen functional groups attached to an aromatic ring is 2. The minimum Gasteiger partial charge on any atom is -0.383 e. The highest BCUT2D eigenvalue weighted by Crippen LogP contribution is 2.74. The molecule has 17 nitrogen and oxygen atoms in total. The summed E-state index contributed by atoms with van der Waals surface area (Å²) in [6, 6.07) is -1.14. The zero-order chi connectivity index (χ0) is 25.6. The van der Waals surface area contributed by atoms with Gasteiger partial charge in [0, 0.05) is 5.92 Å². The number of anilines is 2. The third kappa shape index (κ3) is 3.98. The zero-order valence-corrected chi connectivity index (χ0v) is 19.9. The molecule has 8 atom stereocenters. The Labute approximate surface area is 189 Å². The van der Waals surface area contributed by atoms with Gasteiger partial charge in [-0.1, -0.05) is 6.92 Å². The normalized spacial score (nSPS) is 36.7. The van der Waals surface area contributed by atoms with Gasteiger partial charge in [-0.3, -0.25) is 4.52 Å². The van der Waals surface area contributed by atoms with Gasteiger partial charge in [0.25, 0.3) is 0 Å². The fourth-order valence-electron chi connectivity index (χ4n) is 4.84. The quantitative estimate of drug-likeness (QED) is 0.224. The van der Waals surface area contributed by atoms with E-state index in [0.29, 0.717) is 0 Å². The first-order valence-corrected chi connectivity index (χ1v) is 13.8. The molecule has 2 saturated carbocycles. The van der Waals surface area contributed by atoms with Gasteiger partial charge in [-0.2, -0.15) is 18.6 Å². The molecule has 0 saturated heterocycles. The number of hydrogen-bond acceptors (Lipinski definition) is 12. The van der Waals surface area contributed by atoms with Gasteiger partial charge < -0.3 is 40.7 Å². The maximum Gasteiger partial charge on any atom is 0.490 e. The van der Waals surface area contributed by atoms with E-state index in [-0.39, 0.29) is 22.9 Å². The van der Waals surface area contributed by atoms with Crippen LogP contribution in [0, 0.1) is 11.8 Å².